The second kappa shape index (κ2) is 58.0. The van der Waals surface area contributed by atoms with Gasteiger partial charge in [-0.1, -0.05) is 136 Å². The molecule has 2 nitrogen and oxygen atoms in total. The van der Waals surface area contributed by atoms with Gasteiger partial charge in [0.2, 0.25) is 0 Å². The van der Waals surface area contributed by atoms with Gasteiger partial charge in [-0.2, -0.15) is 0 Å². The highest BCUT2D eigenvalue weighted by molar-refractivity contribution is 6.77. The lowest BCUT2D eigenvalue weighted by Crippen LogP contribution is -2.67. The van der Waals surface area contributed by atoms with Gasteiger partial charge in [0.1, 0.15) is 27.3 Å². The third kappa shape index (κ3) is 34.9. The zero-order chi connectivity index (χ0) is 105. The Labute approximate surface area is 999 Å². The van der Waals surface area contributed by atoms with Gasteiger partial charge in [0, 0.05) is 242 Å². The summed E-state index contributed by atoms with van der Waals surface area (Å²) in [5.74, 6) is 224. The number of benzene rings is 2. The van der Waals surface area contributed by atoms with E-state index in [1.165, 1.54) is 11.1 Å². The molecule has 4 heteroatoms. The van der Waals surface area contributed by atoms with Crippen LogP contribution >= 0.6 is 0 Å². The highest BCUT2D eigenvalue weighted by atomic mass is 28.3. The maximum atomic E-state index is 5.02. The lowest BCUT2D eigenvalue weighted by atomic mass is 9.74. The molecule has 6 aliphatic carbocycles. The van der Waals surface area contributed by atoms with Crippen molar-refractivity contribution in [2.45, 2.75) is 180 Å². The van der Waals surface area contributed by atoms with Crippen LogP contribution in [0.15, 0.2) is 84.0 Å². The Bertz CT molecular complexity index is 8870. The molecule has 0 N–H and O–H groups in total. The van der Waals surface area contributed by atoms with Crippen molar-refractivity contribution in [3.8, 4) is 523 Å². The van der Waals surface area contributed by atoms with E-state index >= 15 is 0 Å². The maximum absolute atomic E-state index is 5.02. The predicted octanol–water partition coefficient (Wildman–Crippen LogP) is 36.1. The summed E-state index contributed by atoms with van der Waals surface area (Å²) in [6.45, 7) is 40.9. The molecule has 0 bridgehead atoms. The Morgan fingerprint density at radius 2 is 0.455 bits per heavy atom. The van der Waals surface area contributed by atoms with Crippen LogP contribution in [-0.4, -0.2) is 47.8 Å². The first-order chi connectivity index (χ1) is 70.0. The lowest BCUT2D eigenvalue weighted by molar-refractivity contribution is 0.121. The van der Waals surface area contributed by atoms with Gasteiger partial charge in [-0.05, 0) is 560 Å². The molecule has 0 radical (unpaired) electrons. The fourth-order valence-corrected chi connectivity index (χ4v) is 31.6. The van der Waals surface area contributed by atoms with E-state index < -0.39 is 27.3 Å². The molecule has 838 valence electrons. The molecule has 0 aliphatic heterocycles. The number of hydrogen-bond acceptors (Lipinski definition) is 2. The summed E-state index contributed by atoms with van der Waals surface area (Å²) in [6.07, 6.45) is 33.5. The highest BCUT2D eigenvalue weighted by Crippen LogP contribution is 2.63. The van der Waals surface area contributed by atoms with Crippen molar-refractivity contribution in [1.82, 2.24) is 9.13 Å². The summed E-state index contributed by atoms with van der Waals surface area (Å²) in [5.41, 5.74) is 7.60. The molecule has 8 rings (SSSR count). The minimum atomic E-state index is -2.13. The maximum Gasteiger partial charge on any atom is 0.144 e. The average Bonchev–Trinajstić information content (AvgIpc) is 1.43. The van der Waals surface area contributed by atoms with Crippen LogP contribution < -0.4 is 0 Å². The lowest BCUT2D eigenvalue weighted by Gasteiger charge is -2.57. The van der Waals surface area contributed by atoms with Gasteiger partial charge in [-0.25, -0.2) is 0 Å². The molecule has 2 fully saturated rings. The van der Waals surface area contributed by atoms with E-state index in [2.05, 4.69) is 683 Å². The van der Waals surface area contributed by atoms with Gasteiger partial charge < -0.3 is 9.13 Å². The van der Waals surface area contributed by atoms with E-state index in [9.17, 15) is 0 Å². The van der Waals surface area contributed by atoms with E-state index in [-0.39, 0.29) is 148 Å². The largest absolute Gasteiger partial charge is 0.314 e. The number of fused-ring (bicyclic) bond motifs is 8. The van der Waals surface area contributed by atoms with Gasteiger partial charge in [0.25, 0.3) is 0 Å². The van der Waals surface area contributed by atoms with Gasteiger partial charge in [-0.3, -0.25) is 0 Å². The van der Waals surface area contributed by atoms with E-state index in [4.69, 9.17) is 25.7 Å². The molecular formula is C141H256N2Si2. The van der Waals surface area contributed by atoms with Crippen LogP contribution in [-0.2, 0) is 10.8 Å². The molecule has 0 spiro atoms. The minimum absolute atomic E-state index is 0. The van der Waals surface area contributed by atoms with Crippen molar-refractivity contribution in [3.63, 3.8) is 0 Å². The zero-order valence-electron chi connectivity index (χ0n) is 83.3. The quantitative estimate of drug-likeness (QED) is 0.222. The van der Waals surface area contributed by atoms with E-state index in [1.54, 1.807) is 0 Å². The zero-order valence-corrected chi connectivity index (χ0v) is 85.3. The summed E-state index contributed by atoms with van der Waals surface area (Å²) >= 11 is 0. The van der Waals surface area contributed by atoms with E-state index in [1.807, 2.05) is 12.1 Å². The fourth-order valence-electron chi connectivity index (χ4n) is 19.1. The molecule has 0 amide bonds. The van der Waals surface area contributed by atoms with Gasteiger partial charge >= 0.3 is 0 Å². The Morgan fingerprint density at radius 3 is 0.683 bits per heavy atom. The van der Waals surface area contributed by atoms with Crippen molar-refractivity contribution in [2.24, 2.45) is 29.6 Å². The summed E-state index contributed by atoms with van der Waals surface area (Å²) in [4.78, 5) is 0. The molecule has 2 saturated carbocycles. The molecule has 2 aromatic rings. The monoisotopic (exact) mass is 2030 g/mol. The van der Waals surface area contributed by atoms with Gasteiger partial charge in [-0.15, -0.1) is 25.7 Å². The molecule has 7 unspecified atom stereocenters. The number of hydrogen-bond donors (Lipinski definition) is 0. The van der Waals surface area contributed by atoms with Gasteiger partial charge in [0.05, 0.1) is 0 Å². The van der Waals surface area contributed by atoms with Crippen LogP contribution in [0.1, 0.15) is 257 Å². The third-order valence-electron chi connectivity index (χ3n) is 21.4. The van der Waals surface area contributed by atoms with Crippen molar-refractivity contribution in [3.05, 3.63) is 106 Å². The number of nitrogens with zero attached hydrogens (tertiary/aromatic N) is 2. The molecular weight excluding hydrogens is 1780 g/mol. The molecule has 0 aromatic heterocycles. The SMILES string of the molecule is C#CC#CC#CC#CC#CC#CC#CC#CC#CC#CC#CC1(C#CC#CC#CC#CC#CC#CC#CC#CC#CC#CC#C)C2=CC3C(C=C2c2ccccc21)CC(C)C3[Si](C)(C)N(C(C)(C)C)C(C)(C)C.C#CC#CC#CC#CC#CC#CC#CC#CC#CC#CC#CC1(C#CC#CC#CC#CC#CC#CC#CC#CC#CC#CC#C)C2=CC3C(C=C2c2ccccc21)CCC3[Si](C)(C)N(C(C)(C)C)C(C)(C)C.[HH].[HH].[HH].[HH].[HH].[HH].[HH].[HH].[HH].[HH].[HH].[HH].[HH].[HH].[HH].[HH].[HH].[HH].[HH].[HH].[HH].[HH].[HH].[HH].[HH].[HH].[HH].[HH].[HH].[HH].[HH].[HH].[HH].[HH].[HH].[HH].[HH].[HH].[HH].[HH].[HH].[HH].[HH].[HH].[HH].[HH].[HH].[HH].[HH].[HH].[HH].[HH].[HH].[HH].[HH].[HH].[HH].[HH].[HH].[HH].[HH].[HH].[HH].[HH].[HH].[HH].[HH].[HH].[HH].[HH].[HH].[HH].[HH].[HH].[HH].[HH].[HH].[HH].[HH].[HH].[HH].[HH].[HH].[HH].[HH].[HH].[HH].[HH]. The Morgan fingerprint density at radius 1 is 0.255 bits per heavy atom. The van der Waals surface area contributed by atoms with E-state index in [0.29, 0.717) is 40.7 Å². The first-order valence-corrected chi connectivity index (χ1v) is 50.6. The summed E-state index contributed by atoms with van der Waals surface area (Å²) in [7, 11) is -4.20. The number of terminal acetylenes is 4. The molecule has 0 saturated heterocycles. The van der Waals surface area contributed by atoms with Crippen LogP contribution in [0.3, 0.4) is 0 Å². The molecule has 6 aliphatic rings. The number of rotatable bonds is 4. The smallest absolute Gasteiger partial charge is 0.144 e. The second-order valence-electron chi connectivity index (χ2n) is 35.6. The van der Waals surface area contributed by atoms with E-state index in [0.717, 1.165) is 52.7 Å². The normalized spacial score (nSPS) is 14.5. The first kappa shape index (κ1) is 110. The average molecular weight is 2040 g/mol. The Balaban J connectivity index is -0.0000000178. The summed E-state index contributed by atoms with van der Waals surface area (Å²) in [6, 6.07) is 16.7. The predicted molar refractivity (Wildman–Crippen MR) is 783 cm³/mol. The van der Waals surface area contributed by atoms with Crippen LogP contribution in [0.25, 0.3) is 11.1 Å². The summed E-state index contributed by atoms with van der Waals surface area (Å²) in [5, 5.41) is 0. The van der Waals surface area contributed by atoms with Gasteiger partial charge in [0.15, 0.2) is 0 Å². The first-order valence-electron chi connectivity index (χ1n) is 44.6. The van der Waals surface area contributed by atoms with Crippen LogP contribution in [0.4, 0.5) is 0 Å². The Hall–Kier alpha value is -21.6. The van der Waals surface area contributed by atoms with Crippen LogP contribution in [0.5, 0.6) is 0 Å². The molecule has 7 atom stereocenters. The Kier molecular flexibility index (Phi) is 44.1. The minimum Gasteiger partial charge on any atom is -0.314 e. The van der Waals surface area contributed by atoms with Crippen molar-refractivity contribution >= 4 is 27.6 Å². The van der Waals surface area contributed by atoms with Crippen LogP contribution in [0, 0.1) is 553 Å². The topological polar surface area (TPSA) is 6.48 Å². The number of allylic oxidation sites excluding steroid dienone is 8. The summed E-state index contributed by atoms with van der Waals surface area (Å²) < 4.78 is 5.68. The molecule has 145 heavy (non-hydrogen) atoms. The molecule has 0 heterocycles. The second-order valence-corrected chi connectivity index (χ2v) is 44.5. The van der Waals surface area contributed by atoms with Crippen LogP contribution in [0.2, 0.25) is 37.3 Å². The standard InChI is InChI=1S/C71H41NSi.C70H39NSi.88H2/c1-12-14-16-18-20-22-24-26-28-30-32-34-36-38-40-42-44-46-48-52-56-71(57-53-49-47-45-43-41-39-37-35-33-31-29-27-25-23-21-19-17-15-13-2)66-55-51-50-54-63(66)65-59-62-58-61(3)68(64(62)60-67(65)71)73(10,11)72(69(4,5)6)70(7,8)9;1-11-13-15-17-19-21-23-25-27-29-31-33-35-37-39-41-43-45-47-51-57-70(58-52-48-46-44-42-40-38-36-34-32-30-28-26-24-22-20-18-16-14-12-2)65-54-50-49-53-62(65)64-59-61-55-56-67(63(61)60-66(64)70)72(9,10)71(68(3,4)5)69(6,7)8;;;;;;;;;;;;;;;;;;;;;;;;;;;;;;;;;;;;;;;;;;;;;;;;;;;;;;;;;;;;;;;;;;;;;;;;;;;;;;;;;;;;;;;;/h1-2,50-51,54-55,59-62,64,68H,58H2,3-11H3;1-2,49-50,53-54,59-61,63,67H,55-56H2,3-10H3;88*1H. The molecule has 2 aromatic carbocycles. The highest BCUT2D eigenvalue weighted by Gasteiger charge is 2.59. The van der Waals surface area contributed by atoms with Crippen molar-refractivity contribution < 1.29 is 126 Å². The third-order valence-corrected chi connectivity index (χ3v) is 31.5. The fraction of sp³-hybridized carbons (Fsp3) is 0.234. The van der Waals surface area contributed by atoms with Crippen molar-refractivity contribution in [1.29, 1.82) is 0 Å². The van der Waals surface area contributed by atoms with Crippen molar-refractivity contribution in [2.75, 3.05) is 0 Å².